The van der Waals surface area contributed by atoms with E-state index in [2.05, 4.69) is 48.1 Å². The van der Waals surface area contributed by atoms with Crippen LogP contribution < -0.4 is 0 Å². The highest BCUT2D eigenvalue weighted by Gasteiger charge is 2.53. The van der Waals surface area contributed by atoms with Gasteiger partial charge in [0.25, 0.3) is 8.32 Å². The van der Waals surface area contributed by atoms with Crippen molar-refractivity contribution < 1.29 is 9.22 Å². The van der Waals surface area contributed by atoms with Gasteiger partial charge in [0.05, 0.1) is 0 Å². The maximum absolute atomic E-state index is 10.4. The molecule has 0 aliphatic heterocycles. The molecule has 0 N–H and O–H groups in total. The highest BCUT2D eigenvalue weighted by Crippen LogP contribution is 2.50. The first-order chi connectivity index (χ1) is 5.56. The number of rotatable bonds is 2. The zero-order valence-electron chi connectivity index (χ0n) is 9.82. The Labute approximate surface area is 82.8 Å². The van der Waals surface area contributed by atoms with Crippen LogP contribution in [0.3, 0.4) is 0 Å². The van der Waals surface area contributed by atoms with Gasteiger partial charge in [-0.2, -0.15) is 0 Å². The second-order valence-corrected chi connectivity index (χ2v) is 11.0. The molecule has 0 aliphatic rings. The lowest BCUT2D eigenvalue weighted by atomic mass is 10.2. The summed E-state index contributed by atoms with van der Waals surface area (Å²) in [5.41, 5.74) is 0. The quantitative estimate of drug-likeness (QED) is 0.641. The van der Waals surface area contributed by atoms with Crippen LogP contribution in [0.15, 0.2) is 0 Å². The van der Waals surface area contributed by atoms with Crippen molar-refractivity contribution in [1.82, 2.24) is 0 Å². The Hall–Kier alpha value is -0.313. The van der Waals surface area contributed by atoms with E-state index in [-0.39, 0.29) is 10.1 Å². The Morgan fingerprint density at radius 2 is 1.31 bits per heavy atom. The van der Waals surface area contributed by atoms with Crippen molar-refractivity contribution in [3.05, 3.63) is 0 Å². The van der Waals surface area contributed by atoms with Gasteiger partial charge in [-0.1, -0.05) is 41.5 Å². The normalized spacial score (nSPS) is 14.1. The summed E-state index contributed by atoms with van der Waals surface area (Å²) in [6.45, 7) is 16.5. The van der Waals surface area contributed by atoms with Crippen LogP contribution in [0.2, 0.25) is 16.6 Å². The van der Waals surface area contributed by atoms with Gasteiger partial charge in [0.2, 0.25) is 0 Å². The molecule has 3 heteroatoms. The summed E-state index contributed by atoms with van der Waals surface area (Å²) in [4.78, 5) is 10.4. The van der Waals surface area contributed by atoms with Crippen LogP contribution in [0, 0.1) is 0 Å². The minimum Gasteiger partial charge on any atom is -0.510 e. The largest absolute Gasteiger partial charge is 0.510 e. The molecule has 0 atom stereocenters. The van der Waals surface area contributed by atoms with E-state index in [1.165, 1.54) is 0 Å². The Morgan fingerprint density at radius 3 is 1.38 bits per heavy atom. The fraction of sp³-hybridized carbons (Fsp3) is 0.900. The first-order valence-corrected chi connectivity index (χ1v) is 7.02. The first kappa shape index (κ1) is 12.7. The lowest BCUT2D eigenvalue weighted by molar-refractivity contribution is 0.382. The van der Waals surface area contributed by atoms with E-state index in [0.717, 1.165) is 0 Å². The van der Waals surface area contributed by atoms with Gasteiger partial charge in [-0.15, -0.1) is 0 Å². The molecule has 0 rings (SSSR count). The molecule has 0 aliphatic carbocycles. The zero-order valence-corrected chi connectivity index (χ0v) is 10.8. The minimum atomic E-state index is -2.08. The number of carbonyl (C=O) groups excluding carboxylic acids is 1. The second kappa shape index (κ2) is 3.44. The number of hydrogen-bond donors (Lipinski definition) is 0. The average Bonchev–Trinajstić information content (AvgIpc) is 1.82. The Kier molecular flexibility index (Phi) is 3.36. The molecular weight excluding hydrogens is 180 g/mol. The third kappa shape index (κ3) is 2.33. The van der Waals surface area contributed by atoms with E-state index in [1.807, 2.05) is 0 Å². The van der Waals surface area contributed by atoms with Gasteiger partial charge in [0.15, 0.2) is 0 Å². The molecule has 0 spiro atoms. The fourth-order valence-corrected chi connectivity index (χ4v) is 4.54. The Bertz CT molecular complexity index is 172. The third-order valence-corrected chi connectivity index (χ3v) is 9.32. The standard InChI is InChI=1S/C10H21O2Si/c1-9(2,3)13(7,12-8-11)10(4,5)6/h1-7H3. The molecular formula is C10H21O2Si. The maximum atomic E-state index is 10.4. The van der Waals surface area contributed by atoms with Gasteiger partial charge >= 0.3 is 6.47 Å². The van der Waals surface area contributed by atoms with Gasteiger partial charge in [0, 0.05) is 0 Å². The predicted octanol–water partition coefficient (Wildman–Crippen LogP) is 3.25. The van der Waals surface area contributed by atoms with E-state index in [1.54, 1.807) is 6.47 Å². The van der Waals surface area contributed by atoms with Crippen molar-refractivity contribution in [1.29, 1.82) is 0 Å². The average molecular weight is 201 g/mol. The highest BCUT2D eigenvalue weighted by atomic mass is 28.4. The van der Waals surface area contributed by atoms with Gasteiger partial charge < -0.3 is 4.43 Å². The van der Waals surface area contributed by atoms with E-state index in [4.69, 9.17) is 4.43 Å². The predicted molar refractivity (Wildman–Crippen MR) is 57.8 cm³/mol. The molecule has 0 aromatic carbocycles. The van der Waals surface area contributed by atoms with Crippen molar-refractivity contribution >= 4 is 14.8 Å². The van der Waals surface area contributed by atoms with Crippen LogP contribution >= 0.6 is 0 Å². The molecule has 0 saturated heterocycles. The maximum Gasteiger partial charge on any atom is 0.402 e. The molecule has 0 saturated carbocycles. The molecule has 77 valence electrons. The van der Waals surface area contributed by atoms with Crippen molar-refractivity contribution in [2.75, 3.05) is 0 Å². The summed E-state index contributed by atoms with van der Waals surface area (Å²) in [5, 5.41) is 0.0886. The van der Waals surface area contributed by atoms with Crippen LogP contribution in [0.1, 0.15) is 41.5 Å². The molecule has 0 aromatic heterocycles. The summed E-state index contributed by atoms with van der Waals surface area (Å²) in [5.74, 6) is 0. The Morgan fingerprint density at radius 1 is 1.00 bits per heavy atom. The van der Waals surface area contributed by atoms with Crippen LogP contribution in [0.4, 0.5) is 0 Å². The summed E-state index contributed by atoms with van der Waals surface area (Å²) in [6, 6.07) is 0. The molecule has 0 aromatic rings. The zero-order chi connectivity index (χ0) is 10.9. The summed E-state index contributed by atoms with van der Waals surface area (Å²) in [6.07, 6.45) is 0. The van der Waals surface area contributed by atoms with Crippen LogP contribution in [0.5, 0.6) is 0 Å². The molecule has 2 nitrogen and oxygen atoms in total. The van der Waals surface area contributed by atoms with E-state index >= 15 is 0 Å². The van der Waals surface area contributed by atoms with Crippen LogP contribution in [-0.4, -0.2) is 14.8 Å². The SMILES string of the molecule is CC(C)(C)[Si](C)(O[C]=O)C(C)(C)C. The van der Waals surface area contributed by atoms with Crippen molar-refractivity contribution in [2.45, 2.75) is 58.2 Å². The van der Waals surface area contributed by atoms with Gasteiger partial charge in [-0.25, -0.2) is 4.79 Å². The van der Waals surface area contributed by atoms with Crippen molar-refractivity contribution in [2.24, 2.45) is 0 Å². The highest BCUT2D eigenvalue weighted by molar-refractivity contribution is 6.79. The lowest BCUT2D eigenvalue weighted by Crippen LogP contribution is -2.51. The van der Waals surface area contributed by atoms with E-state index in [9.17, 15) is 4.79 Å². The van der Waals surface area contributed by atoms with Crippen LogP contribution in [-0.2, 0) is 9.22 Å². The summed E-state index contributed by atoms with van der Waals surface area (Å²) >= 11 is 0. The Balaban J connectivity index is 5.07. The molecule has 13 heavy (non-hydrogen) atoms. The van der Waals surface area contributed by atoms with E-state index < -0.39 is 8.32 Å². The topological polar surface area (TPSA) is 26.3 Å². The molecule has 0 heterocycles. The van der Waals surface area contributed by atoms with Gasteiger partial charge in [-0.05, 0) is 16.6 Å². The lowest BCUT2D eigenvalue weighted by Gasteiger charge is -2.46. The molecule has 0 unspecified atom stereocenters. The molecule has 0 fully saturated rings. The molecule has 1 radical (unpaired) electrons. The summed E-state index contributed by atoms with van der Waals surface area (Å²) < 4.78 is 5.29. The fourth-order valence-electron chi connectivity index (χ4n) is 1.51. The van der Waals surface area contributed by atoms with E-state index in [0.29, 0.717) is 0 Å². The first-order valence-electron chi connectivity index (χ1n) is 4.61. The van der Waals surface area contributed by atoms with Gasteiger partial charge in [-0.3, -0.25) is 0 Å². The van der Waals surface area contributed by atoms with Crippen molar-refractivity contribution in [3.63, 3.8) is 0 Å². The molecule has 0 bridgehead atoms. The number of hydrogen-bond acceptors (Lipinski definition) is 2. The minimum absolute atomic E-state index is 0.0443. The van der Waals surface area contributed by atoms with Crippen LogP contribution in [0.25, 0.3) is 0 Å². The second-order valence-electron chi connectivity index (χ2n) is 5.72. The smallest absolute Gasteiger partial charge is 0.402 e. The summed E-state index contributed by atoms with van der Waals surface area (Å²) in [7, 11) is -2.08. The third-order valence-electron chi connectivity index (χ3n) is 3.11. The monoisotopic (exact) mass is 201 g/mol. The van der Waals surface area contributed by atoms with Gasteiger partial charge in [0.1, 0.15) is 0 Å². The molecule has 0 amide bonds. The van der Waals surface area contributed by atoms with Crippen molar-refractivity contribution in [3.8, 4) is 0 Å².